The van der Waals surface area contributed by atoms with E-state index in [9.17, 15) is 5.11 Å². The quantitative estimate of drug-likeness (QED) is 0.803. The summed E-state index contributed by atoms with van der Waals surface area (Å²) in [5.41, 5.74) is 0.823. The van der Waals surface area contributed by atoms with Gasteiger partial charge in [-0.05, 0) is 19.4 Å². The molecule has 72 valence electrons. The highest BCUT2D eigenvalue weighted by atomic mass is 79.9. The Morgan fingerprint density at radius 1 is 1.38 bits per heavy atom. The number of phenolic OH excluding ortho intramolecular Hbond substituents is 1. The van der Waals surface area contributed by atoms with Gasteiger partial charge in [-0.1, -0.05) is 34.1 Å². The molecule has 0 amide bonds. The Bertz CT molecular complexity index is 273. The SMILES string of the molecule is CC(O)C[C@H](Br)c1ccccc1O. The zero-order chi connectivity index (χ0) is 9.84. The monoisotopic (exact) mass is 244 g/mol. The van der Waals surface area contributed by atoms with Crippen molar-refractivity contribution in [1.29, 1.82) is 0 Å². The van der Waals surface area contributed by atoms with Gasteiger partial charge in [-0.25, -0.2) is 0 Å². The topological polar surface area (TPSA) is 40.5 Å². The highest BCUT2D eigenvalue weighted by molar-refractivity contribution is 9.09. The van der Waals surface area contributed by atoms with Crippen LogP contribution in [0.3, 0.4) is 0 Å². The minimum absolute atomic E-state index is 0.00806. The van der Waals surface area contributed by atoms with Crippen molar-refractivity contribution in [3.05, 3.63) is 29.8 Å². The second-order valence-electron chi connectivity index (χ2n) is 3.11. The lowest BCUT2D eigenvalue weighted by atomic mass is 10.1. The second-order valence-corrected chi connectivity index (χ2v) is 4.22. The highest BCUT2D eigenvalue weighted by Crippen LogP contribution is 2.33. The number of phenols is 1. The minimum Gasteiger partial charge on any atom is -0.508 e. The summed E-state index contributed by atoms with van der Waals surface area (Å²) in [6.07, 6.45) is 0.224. The van der Waals surface area contributed by atoms with Crippen molar-refractivity contribution in [2.45, 2.75) is 24.3 Å². The summed E-state index contributed by atoms with van der Waals surface area (Å²) < 4.78 is 0. The maximum Gasteiger partial charge on any atom is 0.119 e. The molecule has 2 nitrogen and oxygen atoms in total. The van der Waals surface area contributed by atoms with Crippen LogP contribution in [-0.4, -0.2) is 16.3 Å². The van der Waals surface area contributed by atoms with Crippen LogP contribution in [0.2, 0.25) is 0 Å². The van der Waals surface area contributed by atoms with Crippen LogP contribution in [0, 0.1) is 0 Å². The first-order valence-corrected chi connectivity index (χ1v) is 5.13. The van der Waals surface area contributed by atoms with Gasteiger partial charge in [0.15, 0.2) is 0 Å². The Morgan fingerprint density at radius 3 is 2.54 bits per heavy atom. The highest BCUT2D eigenvalue weighted by Gasteiger charge is 2.13. The molecule has 1 aromatic rings. The molecule has 0 spiro atoms. The molecule has 1 aromatic carbocycles. The third-order valence-corrected chi connectivity index (χ3v) is 2.69. The number of aromatic hydroxyl groups is 1. The van der Waals surface area contributed by atoms with Crippen molar-refractivity contribution >= 4 is 15.9 Å². The molecule has 0 aliphatic carbocycles. The molecule has 0 aliphatic rings. The Hall–Kier alpha value is -0.540. The minimum atomic E-state index is -0.371. The van der Waals surface area contributed by atoms with Gasteiger partial charge in [0.2, 0.25) is 0 Å². The van der Waals surface area contributed by atoms with Crippen LogP contribution >= 0.6 is 15.9 Å². The van der Waals surface area contributed by atoms with Crippen molar-refractivity contribution in [1.82, 2.24) is 0 Å². The summed E-state index contributed by atoms with van der Waals surface area (Å²) in [7, 11) is 0. The maximum absolute atomic E-state index is 9.48. The number of hydrogen-bond donors (Lipinski definition) is 2. The number of rotatable bonds is 3. The first kappa shape index (κ1) is 10.5. The fourth-order valence-corrected chi connectivity index (χ4v) is 2.11. The van der Waals surface area contributed by atoms with Crippen LogP contribution in [0.25, 0.3) is 0 Å². The summed E-state index contributed by atoms with van der Waals surface area (Å²) >= 11 is 3.42. The second kappa shape index (κ2) is 4.63. The maximum atomic E-state index is 9.48. The van der Waals surface area contributed by atoms with Gasteiger partial charge in [-0.3, -0.25) is 0 Å². The molecule has 2 N–H and O–H groups in total. The van der Waals surface area contributed by atoms with Crippen molar-refractivity contribution in [2.24, 2.45) is 0 Å². The van der Waals surface area contributed by atoms with E-state index in [4.69, 9.17) is 5.11 Å². The van der Waals surface area contributed by atoms with E-state index in [-0.39, 0.29) is 16.7 Å². The summed E-state index contributed by atoms with van der Waals surface area (Å²) in [4.78, 5) is 0.00806. The van der Waals surface area contributed by atoms with Gasteiger partial charge in [0.25, 0.3) is 0 Å². The van der Waals surface area contributed by atoms with E-state index in [2.05, 4.69) is 15.9 Å². The zero-order valence-corrected chi connectivity index (χ0v) is 9.03. The Morgan fingerprint density at radius 2 is 2.00 bits per heavy atom. The molecular formula is C10H13BrO2. The largest absolute Gasteiger partial charge is 0.508 e. The molecule has 0 aliphatic heterocycles. The van der Waals surface area contributed by atoms with Crippen LogP contribution in [0.5, 0.6) is 5.75 Å². The standard InChI is InChI=1S/C10H13BrO2/c1-7(12)6-9(11)8-4-2-3-5-10(8)13/h2-5,7,9,12-13H,6H2,1H3/t7?,9-/m0/s1. The van der Waals surface area contributed by atoms with Crippen LogP contribution in [0.1, 0.15) is 23.7 Å². The average Bonchev–Trinajstić information content (AvgIpc) is 2.03. The first-order valence-electron chi connectivity index (χ1n) is 4.21. The fourth-order valence-electron chi connectivity index (χ4n) is 1.18. The third kappa shape index (κ3) is 3.01. The lowest BCUT2D eigenvalue weighted by Crippen LogP contribution is -2.03. The van der Waals surface area contributed by atoms with Gasteiger partial charge in [0.05, 0.1) is 6.10 Å². The molecule has 0 saturated carbocycles. The number of hydrogen-bond acceptors (Lipinski definition) is 2. The van der Waals surface area contributed by atoms with E-state index in [1.165, 1.54) is 0 Å². The van der Waals surface area contributed by atoms with E-state index in [0.717, 1.165) is 5.56 Å². The Balaban J connectivity index is 2.76. The van der Waals surface area contributed by atoms with Crippen LogP contribution in [-0.2, 0) is 0 Å². The van der Waals surface area contributed by atoms with Crippen molar-refractivity contribution in [2.75, 3.05) is 0 Å². The first-order chi connectivity index (χ1) is 6.11. The summed E-state index contributed by atoms with van der Waals surface area (Å²) in [5, 5.41) is 18.6. The number of para-hydroxylation sites is 1. The van der Waals surface area contributed by atoms with Gasteiger partial charge in [0, 0.05) is 10.4 Å². The van der Waals surface area contributed by atoms with E-state index >= 15 is 0 Å². The average molecular weight is 245 g/mol. The molecule has 3 heteroatoms. The van der Waals surface area contributed by atoms with Crippen LogP contribution < -0.4 is 0 Å². The molecule has 2 atom stereocenters. The predicted molar refractivity (Wildman–Crippen MR) is 56.1 cm³/mol. The summed E-state index contributed by atoms with van der Waals surface area (Å²) in [5.74, 6) is 0.269. The molecule has 0 aromatic heterocycles. The van der Waals surface area contributed by atoms with E-state index in [1.807, 2.05) is 12.1 Å². The number of benzene rings is 1. The smallest absolute Gasteiger partial charge is 0.119 e. The predicted octanol–water partition coefficient (Wildman–Crippen LogP) is 2.60. The Labute approximate surface area is 86.3 Å². The van der Waals surface area contributed by atoms with Crippen molar-refractivity contribution < 1.29 is 10.2 Å². The van der Waals surface area contributed by atoms with Crippen LogP contribution in [0.15, 0.2) is 24.3 Å². The summed E-state index contributed by atoms with van der Waals surface area (Å²) in [6, 6.07) is 7.13. The molecular weight excluding hydrogens is 232 g/mol. The molecule has 1 unspecified atom stereocenters. The lowest BCUT2D eigenvalue weighted by Gasteiger charge is -2.13. The molecule has 0 bridgehead atoms. The van der Waals surface area contributed by atoms with E-state index in [1.54, 1.807) is 19.1 Å². The molecule has 13 heavy (non-hydrogen) atoms. The third-order valence-electron chi connectivity index (χ3n) is 1.82. The molecule has 1 rings (SSSR count). The van der Waals surface area contributed by atoms with E-state index < -0.39 is 0 Å². The van der Waals surface area contributed by atoms with Gasteiger partial charge in [0.1, 0.15) is 5.75 Å². The Kier molecular flexibility index (Phi) is 3.75. The normalized spacial score (nSPS) is 15.3. The lowest BCUT2D eigenvalue weighted by molar-refractivity contribution is 0.184. The zero-order valence-electron chi connectivity index (χ0n) is 7.44. The van der Waals surface area contributed by atoms with Gasteiger partial charge < -0.3 is 10.2 Å². The van der Waals surface area contributed by atoms with Gasteiger partial charge in [-0.15, -0.1) is 0 Å². The van der Waals surface area contributed by atoms with Crippen molar-refractivity contribution in [3.8, 4) is 5.75 Å². The number of aliphatic hydroxyl groups excluding tert-OH is 1. The van der Waals surface area contributed by atoms with E-state index in [0.29, 0.717) is 6.42 Å². The van der Waals surface area contributed by atoms with Crippen LogP contribution in [0.4, 0.5) is 0 Å². The van der Waals surface area contributed by atoms with Gasteiger partial charge in [-0.2, -0.15) is 0 Å². The fraction of sp³-hybridized carbons (Fsp3) is 0.400. The number of alkyl halides is 1. The molecule has 0 heterocycles. The van der Waals surface area contributed by atoms with Crippen molar-refractivity contribution in [3.63, 3.8) is 0 Å². The molecule has 0 fully saturated rings. The van der Waals surface area contributed by atoms with Gasteiger partial charge >= 0.3 is 0 Å². The molecule has 0 radical (unpaired) electrons. The molecule has 0 saturated heterocycles. The summed E-state index contributed by atoms with van der Waals surface area (Å²) in [6.45, 7) is 1.73. The number of aliphatic hydroxyl groups is 1. The number of halogens is 1.